The molecule has 38 heavy (non-hydrogen) atoms. The van der Waals surface area contributed by atoms with Gasteiger partial charge in [-0.05, 0) is 17.2 Å². The molecule has 7 nitrogen and oxygen atoms in total. The van der Waals surface area contributed by atoms with E-state index in [2.05, 4.69) is 5.16 Å². The van der Waals surface area contributed by atoms with Gasteiger partial charge in [0.15, 0.2) is 5.76 Å². The van der Waals surface area contributed by atoms with Gasteiger partial charge < -0.3 is 25.0 Å². The summed E-state index contributed by atoms with van der Waals surface area (Å²) in [5, 5.41) is 5.81. The van der Waals surface area contributed by atoms with Crippen LogP contribution < -0.4 is 20.5 Å². The molecule has 0 saturated heterocycles. The Labute approximate surface area is 221 Å². The molecule has 3 N–H and O–H groups in total. The first-order valence-corrected chi connectivity index (χ1v) is 11.8. The van der Waals surface area contributed by atoms with Crippen LogP contribution in [0.1, 0.15) is 16.8 Å². The SMILES string of the molecule is Nc1c(CC(=O)NCC(F)(F)F)noc1-c1cc(Cl)c(OCc2ccccc2)cc1OCc1ccccc1. The molecule has 0 aliphatic heterocycles. The molecular weight excluding hydrogens is 523 g/mol. The minimum atomic E-state index is -4.54. The van der Waals surface area contributed by atoms with Crippen LogP contribution in [0.2, 0.25) is 5.02 Å². The van der Waals surface area contributed by atoms with E-state index in [4.69, 9.17) is 31.3 Å². The molecule has 1 aromatic heterocycles. The maximum atomic E-state index is 12.4. The number of hydrogen-bond acceptors (Lipinski definition) is 6. The molecule has 198 valence electrons. The quantitative estimate of drug-likeness (QED) is 0.255. The summed E-state index contributed by atoms with van der Waals surface area (Å²) in [7, 11) is 0. The van der Waals surface area contributed by atoms with E-state index in [0.29, 0.717) is 17.1 Å². The van der Waals surface area contributed by atoms with Gasteiger partial charge in [0.1, 0.15) is 42.6 Å². The van der Waals surface area contributed by atoms with E-state index in [0.717, 1.165) is 11.1 Å². The van der Waals surface area contributed by atoms with Gasteiger partial charge in [-0.1, -0.05) is 77.4 Å². The zero-order valence-electron chi connectivity index (χ0n) is 19.9. The first-order chi connectivity index (χ1) is 18.2. The average Bonchev–Trinajstić information content (AvgIpc) is 3.26. The third-order valence-corrected chi connectivity index (χ3v) is 5.67. The predicted molar refractivity (Wildman–Crippen MR) is 136 cm³/mol. The lowest BCUT2D eigenvalue weighted by Crippen LogP contribution is -2.34. The fraction of sp³-hybridized carbons (Fsp3) is 0.185. The van der Waals surface area contributed by atoms with Crippen molar-refractivity contribution in [2.24, 2.45) is 0 Å². The topological polar surface area (TPSA) is 99.6 Å². The molecule has 4 rings (SSSR count). The van der Waals surface area contributed by atoms with Crippen LogP contribution in [0.25, 0.3) is 11.3 Å². The van der Waals surface area contributed by atoms with E-state index in [1.165, 1.54) is 6.07 Å². The molecule has 0 aliphatic rings. The zero-order valence-corrected chi connectivity index (χ0v) is 20.7. The molecule has 11 heteroatoms. The number of rotatable bonds is 10. The molecule has 0 unspecified atom stereocenters. The lowest BCUT2D eigenvalue weighted by atomic mass is 10.1. The van der Waals surface area contributed by atoms with Crippen molar-refractivity contribution in [1.82, 2.24) is 10.5 Å². The third-order valence-electron chi connectivity index (χ3n) is 5.37. The highest BCUT2D eigenvalue weighted by Gasteiger charge is 2.28. The lowest BCUT2D eigenvalue weighted by Gasteiger charge is -2.15. The summed E-state index contributed by atoms with van der Waals surface area (Å²) in [5.41, 5.74) is 8.31. The number of nitrogen functional groups attached to an aromatic ring is 1. The Morgan fingerprint density at radius 2 is 1.53 bits per heavy atom. The highest BCUT2D eigenvalue weighted by atomic mass is 35.5. The maximum Gasteiger partial charge on any atom is 0.405 e. The number of nitrogens with zero attached hydrogens (tertiary/aromatic N) is 1. The van der Waals surface area contributed by atoms with E-state index >= 15 is 0 Å². The fourth-order valence-corrected chi connectivity index (χ4v) is 3.70. The monoisotopic (exact) mass is 545 g/mol. The number of anilines is 1. The summed E-state index contributed by atoms with van der Waals surface area (Å²) in [4.78, 5) is 12.0. The third kappa shape index (κ3) is 7.19. The molecule has 0 atom stereocenters. The van der Waals surface area contributed by atoms with Crippen molar-refractivity contribution in [3.63, 3.8) is 0 Å². The Kier molecular flexibility index (Phi) is 8.42. The molecule has 0 fully saturated rings. The molecule has 1 heterocycles. The summed E-state index contributed by atoms with van der Waals surface area (Å²) < 4.78 is 54.6. The van der Waals surface area contributed by atoms with Crippen molar-refractivity contribution in [3.8, 4) is 22.8 Å². The van der Waals surface area contributed by atoms with Crippen molar-refractivity contribution in [1.29, 1.82) is 0 Å². The van der Waals surface area contributed by atoms with Crippen LogP contribution in [-0.2, 0) is 24.4 Å². The molecule has 0 spiro atoms. The number of nitrogens with two attached hydrogens (primary N) is 1. The van der Waals surface area contributed by atoms with Gasteiger partial charge in [-0.25, -0.2) is 0 Å². The number of aromatic nitrogens is 1. The predicted octanol–water partition coefficient (Wildman–Crippen LogP) is 5.96. The largest absolute Gasteiger partial charge is 0.488 e. The van der Waals surface area contributed by atoms with Crippen LogP contribution in [0.15, 0.2) is 77.3 Å². The molecule has 0 bridgehead atoms. The van der Waals surface area contributed by atoms with Gasteiger partial charge in [0.2, 0.25) is 5.91 Å². The number of amides is 1. The van der Waals surface area contributed by atoms with E-state index in [1.54, 1.807) is 11.4 Å². The Morgan fingerprint density at radius 3 is 2.11 bits per heavy atom. The van der Waals surface area contributed by atoms with Crippen LogP contribution in [0, 0.1) is 0 Å². The van der Waals surface area contributed by atoms with Crippen molar-refractivity contribution >= 4 is 23.2 Å². The highest BCUT2D eigenvalue weighted by Crippen LogP contribution is 2.42. The van der Waals surface area contributed by atoms with Crippen LogP contribution in [0.5, 0.6) is 11.5 Å². The normalized spacial score (nSPS) is 11.3. The van der Waals surface area contributed by atoms with Gasteiger partial charge in [-0.2, -0.15) is 13.2 Å². The summed E-state index contributed by atoms with van der Waals surface area (Å²) in [5.74, 6) is -0.176. The van der Waals surface area contributed by atoms with Gasteiger partial charge in [0, 0.05) is 6.07 Å². The Balaban J connectivity index is 1.60. The summed E-state index contributed by atoms with van der Waals surface area (Å²) >= 11 is 6.51. The number of hydrogen-bond donors (Lipinski definition) is 2. The second kappa shape index (κ2) is 11.9. The Morgan fingerprint density at radius 1 is 0.947 bits per heavy atom. The second-order valence-corrected chi connectivity index (χ2v) is 8.68. The molecular formula is C27H23ClF3N3O4. The first-order valence-electron chi connectivity index (χ1n) is 11.4. The average molecular weight is 546 g/mol. The number of carbonyl (C=O) groups is 1. The highest BCUT2D eigenvalue weighted by molar-refractivity contribution is 6.32. The van der Waals surface area contributed by atoms with E-state index < -0.39 is 25.0 Å². The van der Waals surface area contributed by atoms with Gasteiger partial charge >= 0.3 is 6.18 Å². The lowest BCUT2D eigenvalue weighted by molar-refractivity contribution is -0.138. The Bertz CT molecular complexity index is 1380. The molecule has 0 radical (unpaired) electrons. The zero-order chi connectivity index (χ0) is 27.1. The van der Waals surface area contributed by atoms with Gasteiger partial charge in [-0.3, -0.25) is 4.79 Å². The summed E-state index contributed by atoms with van der Waals surface area (Å²) in [6.45, 7) is -0.998. The minimum Gasteiger partial charge on any atom is -0.488 e. The standard InChI is InChI=1S/C27H23ClF3N3O4/c28-20-11-19(26-25(32)21(34-38-26)12-24(35)33-16-27(29,30)31)22(36-14-17-7-3-1-4-8-17)13-23(20)37-15-18-9-5-2-6-10-18/h1-11,13H,12,14-16,32H2,(H,33,35). The summed E-state index contributed by atoms with van der Waals surface area (Å²) in [6.07, 6.45) is -5.04. The van der Waals surface area contributed by atoms with E-state index in [1.807, 2.05) is 60.7 Å². The van der Waals surface area contributed by atoms with Crippen molar-refractivity contribution < 1.29 is 32.0 Å². The van der Waals surface area contributed by atoms with Gasteiger partial charge in [0.05, 0.1) is 17.0 Å². The number of benzene rings is 3. The van der Waals surface area contributed by atoms with Crippen LogP contribution >= 0.6 is 11.6 Å². The molecule has 1 amide bonds. The molecule has 0 saturated carbocycles. The molecule has 4 aromatic rings. The van der Waals surface area contributed by atoms with Gasteiger partial charge in [0.25, 0.3) is 0 Å². The Hall–Kier alpha value is -4.18. The van der Waals surface area contributed by atoms with Crippen molar-refractivity contribution in [3.05, 3.63) is 94.6 Å². The van der Waals surface area contributed by atoms with Crippen molar-refractivity contribution in [2.45, 2.75) is 25.8 Å². The number of ether oxygens (including phenoxy) is 2. The number of carbonyl (C=O) groups excluding carboxylic acids is 1. The van der Waals surface area contributed by atoms with Crippen LogP contribution in [0.4, 0.5) is 18.9 Å². The molecule has 0 aliphatic carbocycles. The summed E-state index contributed by atoms with van der Waals surface area (Å²) in [6, 6.07) is 22.1. The van der Waals surface area contributed by atoms with Crippen molar-refractivity contribution in [2.75, 3.05) is 12.3 Å². The van der Waals surface area contributed by atoms with Crippen LogP contribution in [-0.4, -0.2) is 23.8 Å². The maximum absolute atomic E-state index is 12.4. The minimum absolute atomic E-state index is 0.0192. The molecule has 3 aromatic carbocycles. The van der Waals surface area contributed by atoms with Gasteiger partial charge in [-0.15, -0.1) is 0 Å². The van der Waals surface area contributed by atoms with E-state index in [-0.39, 0.29) is 35.4 Å². The van der Waals surface area contributed by atoms with E-state index in [9.17, 15) is 18.0 Å². The first kappa shape index (κ1) is 26.9. The van der Waals surface area contributed by atoms with Crippen LogP contribution in [0.3, 0.4) is 0 Å². The number of nitrogens with one attached hydrogen (secondary N) is 1. The fourth-order valence-electron chi connectivity index (χ4n) is 3.48. The number of alkyl halides is 3. The smallest absolute Gasteiger partial charge is 0.405 e. The second-order valence-electron chi connectivity index (χ2n) is 8.27. The number of halogens is 4.